The minimum absolute atomic E-state index is 0.921. The molecule has 3 rings (SSSR count). The van der Waals surface area contributed by atoms with Crippen molar-refractivity contribution in [1.82, 2.24) is 0 Å². The molecule has 0 fully saturated rings. The van der Waals surface area contributed by atoms with Crippen molar-refractivity contribution in [1.29, 1.82) is 0 Å². The highest BCUT2D eigenvalue weighted by Gasteiger charge is 2.03. The van der Waals surface area contributed by atoms with E-state index < -0.39 is 0 Å². The number of allylic oxidation sites excluding steroid dienone is 3. The first kappa shape index (κ1) is 21.2. The second-order valence-corrected chi connectivity index (χ2v) is 6.20. The molecular formula is C27H31N. The monoisotopic (exact) mass is 369 g/mol. The fraction of sp³-hybridized carbons (Fsp3) is 0.185. The van der Waals surface area contributed by atoms with Crippen molar-refractivity contribution in [3.63, 3.8) is 0 Å². The van der Waals surface area contributed by atoms with E-state index in [2.05, 4.69) is 103 Å². The molecular weight excluding hydrogens is 338 g/mol. The Morgan fingerprint density at radius 2 is 1.46 bits per heavy atom. The highest BCUT2D eigenvalue weighted by molar-refractivity contribution is 5.76. The van der Waals surface area contributed by atoms with E-state index in [4.69, 9.17) is 0 Å². The van der Waals surface area contributed by atoms with Crippen LogP contribution in [0.25, 0.3) is 22.8 Å². The molecule has 0 aliphatic carbocycles. The largest absolute Gasteiger partial charge is 0.388 e. The highest BCUT2D eigenvalue weighted by atomic mass is 14.8. The van der Waals surface area contributed by atoms with Gasteiger partial charge in [-0.25, -0.2) is 0 Å². The van der Waals surface area contributed by atoms with Gasteiger partial charge in [-0.2, -0.15) is 0 Å². The molecule has 3 aromatic carbocycles. The van der Waals surface area contributed by atoms with Gasteiger partial charge in [-0.1, -0.05) is 105 Å². The summed E-state index contributed by atoms with van der Waals surface area (Å²) in [6.07, 6.45) is 7.55. The summed E-state index contributed by atoms with van der Waals surface area (Å²) in [7, 11) is 1.97. The molecule has 3 aromatic rings. The van der Waals surface area contributed by atoms with Gasteiger partial charge in [0, 0.05) is 12.7 Å². The second kappa shape index (κ2) is 11.6. The summed E-state index contributed by atoms with van der Waals surface area (Å²) < 4.78 is 0. The van der Waals surface area contributed by atoms with Gasteiger partial charge in [-0.05, 0) is 47.2 Å². The van der Waals surface area contributed by atoms with Crippen molar-refractivity contribution in [2.75, 3.05) is 12.4 Å². The van der Waals surface area contributed by atoms with Crippen LogP contribution < -0.4 is 5.32 Å². The first-order valence-corrected chi connectivity index (χ1v) is 10.1. The number of hydrogen-bond donors (Lipinski definition) is 1. The molecule has 0 saturated heterocycles. The molecule has 0 saturated carbocycles. The normalized spacial score (nSPS) is 11.1. The molecule has 1 nitrogen and oxygen atoms in total. The molecule has 28 heavy (non-hydrogen) atoms. The number of anilines is 1. The van der Waals surface area contributed by atoms with E-state index in [1.165, 1.54) is 27.8 Å². The van der Waals surface area contributed by atoms with Crippen molar-refractivity contribution in [2.45, 2.75) is 27.2 Å². The van der Waals surface area contributed by atoms with Crippen LogP contribution in [0.4, 0.5) is 5.69 Å². The van der Waals surface area contributed by atoms with Crippen LogP contribution >= 0.6 is 0 Å². The Morgan fingerprint density at radius 3 is 2.07 bits per heavy atom. The van der Waals surface area contributed by atoms with Gasteiger partial charge in [0.15, 0.2) is 0 Å². The van der Waals surface area contributed by atoms with E-state index >= 15 is 0 Å². The maximum atomic E-state index is 3.32. The van der Waals surface area contributed by atoms with E-state index in [1.54, 1.807) is 0 Å². The first-order valence-electron chi connectivity index (χ1n) is 10.1. The quantitative estimate of drug-likeness (QED) is 0.465. The maximum absolute atomic E-state index is 3.32. The number of nitrogens with one attached hydrogen (secondary N) is 1. The lowest BCUT2D eigenvalue weighted by molar-refractivity contribution is 1.38. The SMILES string of the molecule is C/C=C(\CC=Cc1ccc(-c2ccccc2)cc1NC)c1ccccc1.CC. The predicted molar refractivity (Wildman–Crippen MR) is 127 cm³/mol. The third kappa shape index (κ3) is 5.72. The van der Waals surface area contributed by atoms with Crippen LogP contribution in [0.3, 0.4) is 0 Å². The first-order chi connectivity index (χ1) is 13.8. The van der Waals surface area contributed by atoms with E-state index in [1.807, 2.05) is 27.0 Å². The summed E-state index contributed by atoms with van der Waals surface area (Å²) in [6.45, 7) is 6.10. The topological polar surface area (TPSA) is 12.0 Å². The fourth-order valence-corrected chi connectivity index (χ4v) is 3.10. The van der Waals surface area contributed by atoms with E-state index in [0.29, 0.717) is 0 Å². The molecule has 0 spiro atoms. The second-order valence-electron chi connectivity index (χ2n) is 6.20. The van der Waals surface area contributed by atoms with Crippen LogP contribution in [0.1, 0.15) is 38.3 Å². The van der Waals surface area contributed by atoms with Gasteiger partial charge in [0.25, 0.3) is 0 Å². The Balaban J connectivity index is 0.00000136. The molecule has 0 atom stereocenters. The van der Waals surface area contributed by atoms with Crippen LogP contribution in [-0.4, -0.2) is 7.05 Å². The minimum atomic E-state index is 0.921. The highest BCUT2D eigenvalue weighted by Crippen LogP contribution is 2.27. The standard InChI is InChI=1S/C25H25N.C2H6/c1-3-20(21-11-6-4-7-12-21)15-10-16-23-17-18-24(19-25(23)26-2)22-13-8-5-9-14-22;1-2/h3-14,16-19,26H,15H2,1-2H3;1-2H3/b16-10?,20-3+;. The fourth-order valence-electron chi connectivity index (χ4n) is 3.10. The lowest BCUT2D eigenvalue weighted by atomic mass is 10.00. The van der Waals surface area contributed by atoms with Crippen LogP contribution in [0, 0.1) is 0 Å². The summed E-state index contributed by atoms with van der Waals surface area (Å²) >= 11 is 0. The molecule has 0 aromatic heterocycles. The van der Waals surface area contributed by atoms with E-state index in [9.17, 15) is 0 Å². The zero-order chi connectivity index (χ0) is 20.2. The molecule has 0 heterocycles. The van der Waals surface area contributed by atoms with E-state index in [-0.39, 0.29) is 0 Å². The summed E-state index contributed by atoms with van der Waals surface area (Å²) in [5.41, 5.74) is 7.44. The van der Waals surface area contributed by atoms with Gasteiger partial charge in [0.05, 0.1) is 0 Å². The van der Waals surface area contributed by atoms with Crippen LogP contribution in [0.5, 0.6) is 0 Å². The zero-order valence-electron chi connectivity index (χ0n) is 17.4. The molecule has 0 amide bonds. The van der Waals surface area contributed by atoms with Crippen molar-refractivity contribution in [3.05, 3.63) is 102 Å². The third-order valence-corrected chi connectivity index (χ3v) is 4.56. The molecule has 0 aliphatic rings. The zero-order valence-corrected chi connectivity index (χ0v) is 17.4. The minimum Gasteiger partial charge on any atom is -0.388 e. The van der Waals surface area contributed by atoms with Gasteiger partial charge in [0.2, 0.25) is 0 Å². The number of hydrogen-bond acceptors (Lipinski definition) is 1. The van der Waals surface area contributed by atoms with Gasteiger partial charge < -0.3 is 5.32 Å². The van der Waals surface area contributed by atoms with Crippen molar-refractivity contribution < 1.29 is 0 Å². The van der Waals surface area contributed by atoms with Crippen LogP contribution in [0.15, 0.2) is 91.0 Å². The van der Waals surface area contributed by atoms with Crippen LogP contribution in [-0.2, 0) is 0 Å². The Hall–Kier alpha value is -3.06. The molecule has 1 N–H and O–H groups in total. The van der Waals surface area contributed by atoms with E-state index in [0.717, 1.165) is 12.1 Å². The smallest absolute Gasteiger partial charge is 0.0417 e. The summed E-state index contributed by atoms with van der Waals surface area (Å²) in [5.74, 6) is 0. The molecule has 0 aliphatic heterocycles. The van der Waals surface area contributed by atoms with Crippen molar-refractivity contribution in [2.24, 2.45) is 0 Å². The summed E-state index contributed by atoms with van der Waals surface area (Å²) in [4.78, 5) is 0. The molecule has 1 heteroatoms. The summed E-state index contributed by atoms with van der Waals surface area (Å²) in [5, 5.41) is 3.32. The van der Waals surface area contributed by atoms with Gasteiger partial charge in [-0.15, -0.1) is 0 Å². The predicted octanol–water partition coefficient (Wildman–Crippen LogP) is 7.93. The Morgan fingerprint density at radius 1 is 0.821 bits per heavy atom. The Bertz CT molecular complexity index is 890. The van der Waals surface area contributed by atoms with Crippen molar-refractivity contribution >= 4 is 17.3 Å². The van der Waals surface area contributed by atoms with Gasteiger partial charge in [-0.3, -0.25) is 0 Å². The third-order valence-electron chi connectivity index (χ3n) is 4.56. The van der Waals surface area contributed by atoms with Crippen LogP contribution in [0.2, 0.25) is 0 Å². The lowest BCUT2D eigenvalue weighted by Gasteiger charge is -2.09. The Kier molecular flexibility index (Phi) is 8.81. The average molecular weight is 370 g/mol. The maximum Gasteiger partial charge on any atom is 0.0417 e. The molecule has 0 unspecified atom stereocenters. The van der Waals surface area contributed by atoms with Gasteiger partial charge in [0.1, 0.15) is 0 Å². The summed E-state index contributed by atoms with van der Waals surface area (Å²) in [6, 6.07) is 27.6. The average Bonchev–Trinajstić information content (AvgIpc) is 2.79. The van der Waals surface area contributed by atoms with Crippen molar-refractivity contribution in [3.8, 4) is 11.1 Å². The molecule has 0 radical (unpaired) electrons. The van der Waals surface area contributed by atoms with Gasteiger partial charge >= 0.3 is 0 Å². The number of rotatable bonds is 6. The lowest BCUT2D eigenvalue weighted by Crippen LogP contribution is -1.92. The Labute approximate surface area is 170 Å². The molecule has 0 bridgehead atoms. The number of benzene rings is 3. The molecule has 144 valence electrons.